The molecule has 4 rings (SSSR count). The van der Waals surface area contributed by atoms with E-state index < -0.39 is 0 Å². The molecule has 0 aliphatic carbocycles. The molecule has 31 heavy (non-hydrogen) atoms. The van der Waals surface area contributed by atoms with Gasteiger partial charge in [0.1, 0.15) is 51.6 Å². The quantitative estimate of drug-likeness (QED) is 0.491. The highest BCUT2D eigenvalue weighted by Gasteiger charge is 2.22. The molecule has 4 nitrogen and oxygen atoms in total. The Morgan fingerprint density at radius 2 is 1.26 bits per heavy atom. The van der Waals surface area contributed by atoms with Crippen molar-refractivity contribution in [1.29, 1.82) is 0 Å². The number of hydrogen-bond donors (Lipinski definition) is 2. The Balaban J connectivity index is 1.11. The van der Waals surface area contributed by atoms with Gasteiger partial charge in [0, 0.05) is 11.1 Å². The Hall–Kier alpha value is -2.66. The van der Waals surface area contributed by atoms with Crippen LogP contribution >= 0.6 is 0 Å². The summed E-state index contributed by atoms with van der Waals surface area (Å²) in [7, 11) is 0. The predicted octanol–water partition coefficient (Wildman–Crippen LogP) is 1.73. The Bertz CT molecular complexity index is 893. The monoisotopic (exact) mass is 418 g/mol. The second kappa shape index (κ2) is 11.7. The molecular weight excluding hydrogens is 384 g/mol. The number of ether oxygens (including phenoxy) is 2. The second-order valence-electron chi connectivity index (χ2n) is 8.24. The highest BCUT2D eigenvalue weighted by atomic mass is 16.5. The van der Waals surface area contributed by atoms with Crippen LogP contribution in [0.25, 0.3) is 11.1 Å². The van der Waals surface area contributed by atoms with Gasteiger partial charge < -0.3 is 19.3 Å². The van der Waals surface area contributed by atoms with Crippen LogP contribution in [-0.2, 0) is 11.3 Å². The molecule has 0 saturated carbocycles. The third-order valence-electron chi connectivity index (χ3n) is 6.02. The van der Waals surface area contributed by atoms with Crippen molar-refractivity contribution < 1.29 is 19.3 Å². The lowest BCUT2D eigenvalue weighted by Gasteiger charge is -2.29. The van der Waals surface area contributed by atoms with Gasteiger partial charge in [-0.1, -0.05) is 78.9 Å². The van der Waals surface area contributed by atoms with Crippen LogP contribution in [-0.4, -0.2) is 52.5 Å². The molecule has 0 amide bonds. The molecule has 0 aromatic heterocycles. The number of quaternary nitrogens is 2. The molecule has 0 radical (unpaired) electrons. The summed E-state index contributed by atoms with van der Waals surface area (Å²) >= 11 is 0. The van der Waals surface area contributed by atoms with Crippen molar-refractivity contribution in [3.8, 4) is 16.9 Å². The van der Waals surface area contributed by atoms with Crippen LogP contribution in [0.5, 0.6) is 5.75 Å². The summed E-state index contributed by atoms with van der Waals surface area (Å²) in [5.74, 6) is 0.917. The summed E-state index contributed by atoms with van der Waals surface area (Å²) in [5, 5.41) is 0. The number of rotatable bonds is 10. The maximum absolute atomic E-state index is 6.02. The SMILES string of the molecule is c1ccc(C[NH+]2CC[NH+](CCOCCOc3ccccc3-c3ccccc3)CC2)cc1. The van der Waals surface area contributed by atoms with Gasteiger partial charge in [0.2, 0.25) is 0 Å². The first kappa shape index (κ1) is 21.6. The van der Waals surface area contributed by atoms with Crippen molar-refractivity contribution in [3.05, 3.63) is 90.5 Å². The van der Waals surface area contributed by atoms with E-state index in [-0.39, 0.29) is 0 Å². The highest BCUT2D eigenvalue weighted by Crippen LogP contribution is 2.29. The summed E-state index contributed by atoms with van der Waals surface area (Å²) in [4.78, 5) is 3.36. The first-order chi connectivity index (χ1) is 15.4. The van der Waals surface area contributed by atoms with Crippen LogP contribution in [0.1, 0.15) is 5.56 Å². The van der Waals surface area contributed by atoms with Gasteiger partial charge in [0.05, 0.1) is 13.2 Å². The van der Waals surface area contributed by atoms with Gasteiger partial charge in [-0.25, -0.2) is 0 Å². The Morgan fingerprint density at radius 3 is 2.03 bits per heavy atom. The fourth-order valence-corrected chi connectivity index (χ4v) is 4.25. The summed E-state index contributed by atoms with van der Waals surface area (Å²) in [6.07, 6.45) is 0. The van der Waals surface area contributed by atoms with Crippen molar-refractivity contribution in [3.63, 3.8) is 0 Å². The topological polar surface area (TPSA) is 27.3 Å². The second-order valence-corrected chi connectivity index (χ2v) is 8.24. The van der Waals surface area contributed by atoms with Gasteiger partial charge in [-0.3, -0.25) is 0 Å². The summed E-state index contributed by atoms with van der Waals surface area (Å²) in [6, 6.07) is 29.4. The maximum Gasteiger partial charge on any atom is 0.127 e. The molecule has 1 aliphatic heterocycles. The van der Waals surface area contributed by atoms with E-state index in [9.17, 15) is 0 Å². The minimum Gasteiger partial charge on any atom is -0.491 e. The smallest absolute Gasteiger partial charge is 0.127 e. The number of piperazine rings is 1. The van der Waals surface area contributed by atoms with E-state index in [2.05, 4.69) is 66.7 Å². The van der Waals surface area contributed by atoms with Gasteiger partial charge in [-0.15, -0.1) is 0 Å². The van der Waals surface area contributed by atoms with E-state index in [4.69, 9.17) is 9.47 Å². The van der Waals surface area contributed by atoms with Gasteiger partial charge in [-0.2, -0.15) is 0 Å². The number of hydrogen-bond acceptors (Lipinski definition) is 2. The fourth-order valence-electron chi connectivity index (χ4n) is 4.25. The summed E-state index contributed by atoms with van der Waals surface area (Å²) < 4.78 is 11.9. The minimum absolute atomic E-state index is 0.578. The van der Waals surface area contributed by atoms with Gasteiger partial charge in [0.25, 0.3) is 0 Å². The highest BCUT2D eigenvalue weighted by molar-refractivity contribution is 5.70. The summed E-state index contributed by atoms with van der Waals surface area (Å²) in [6.45, 7) is 9.17. The van der Waals surface area contributed by atoms with Crippen molar-refractivity contribution in [1.82, 2.24) is 0 Å². The van der Waals surface area contributed by atoms with Crippen molar-refractivity contribution in [2.45, 2.75) is 6.54 Å². The van der Waals surface area contributed by atoms with Crippen LogP contribution in [0.15, 0.2) is 84.9 Å². The Kier molecular flexibility index (Phi) is 8.11. The zero-order valence-electron chi connectivity index (χ0n) is 18.3. The molecule has 4 heteroatoms. The molecule has 0 bridgehead atoms. The third kappa shape index (κ3) is 6.66. The lowest BCUT2D eigenvalue weighted by molar-refractivity contribution is -1.02. The van der Waals surface area contributed by atoms with E-state index in [1.54, 1.807) is 9.80 Å². The molecule has 0 unspecified atom stereocenters. The minimum atomic E-state index is 0.578. The molecule has 162 valence electrons. The zero-order valence-corrected chi connectivity index (χ0v) is 18.3. The van der Waals surface area contributed by atoms with E-state index in [1.807, 2.05) is 18.2 Å². The Labute approximate surface area is 186 Å². The molecule has 3 aromatic rings. The standard InChI is InChI=1S/C27H32N2O2/c1-3-9-24(10-4-1)23-29-17-15-28(16-18-29)19-20-30-21-22-31-27-14-8-7-13-26(27)25-11-5-2-6-12-25/h1-14H,15-23H2/p+2. The number of nitrogens with one attached hydrogen (secondary N) is 2. The molecule has 1 heterocycles. The fraction of sp³-hybridized carbons (Fsp3) is 0.333. The average molecular weight is 419 g/mol. The van der Waals surface area contributed by atoms with Crippen LogP contribution in [0.2, 0.25) is 0 Å². The van der Waals surface area contributed by atoms with Crippen molar-refractivity contribution in [2.24, 2.45) is 0 Å². The largest absolute Gasteiger partial charge is 0.491 e. The van der Waals surface area contributed by atoms with Gasteiger partial charge in [-0.05, 0) is 11.6 Å². The van der Waals surface area contributed by atoms with Crippen LogP contribution < -0.4 is 14.5 Å². The number of para-hydroxylation sites is 1. The number of benzene rings is 3. The maximum atomic E-state index is 6.02. The predicted molar refractivity (Wildman–Crippen MR) is 125 cm³/mol. The lowest BCUT2D eigenvalue weighted by Crippen LogP contribution is -3.27. The van der Waals surface area contributed by atoms with Crippen LogP contribution in [0.4, 0.5) is 0 Å². The molecule has 1 saturated heterocycles. The zero-order chi connectivity index (χ0) is 21.1. The lowest BCUT2D eigenvalue weighted by atomic mass is 10.1. The van der Waals surface area contributed by atoms with E-state index in [0.717, 1.165) is 31.0 Å². The molecule has 0 atom stereocenters. The normalized spacial score (nSPS) is 18.6. The van der Waals surface area contributed by atoms with E-state index in [0.29, 0.717) is 13.2 Å². The molecule has 1 aliphatic rings. The molecular formula is C27H34N2O2+2. The molecule has 0 spiro atoms. The van der Waals surface area contributed by atoms with E-state index in [1.165, 1.54) is 37.3 Å². The van der Waals surface area contributed by atoms with Crippen LogP contribution in [0.3, 0.4) is 0 Å². The first-order valence-corrected chi connectivity index (χ1v) is 11.4. The van der Waals surface area contributed by atoms with Gasteiger partial charge in [0.15, 0.2) is 0 Å². The summed E-state index contributed by atoms with van der Waals surface area (Å²) in [5.41, 5.74) is 3.75. The first-order valence-electron chi connectivity index (χ1n) is 11.4. The molecule has 2 N–H and O–H groups in total. The molecule has 1 fully saturated rings. The third-order valence-corrected chi connectivity index (χ3v) is 6.02. The van der Waals surface area contributed by atoms with E-state index >= 15 is 0 Å². The molecule has 3 aromatic carbocycles. The van der Waals surface area contributed by atoms with Crippen molar-refractivity contribution in [2.75, 3.05) is 52.5 Å². The average Bonchev–Trinajstić information content (AvgIpc) is 2.84. The van der Waals surface area contributed by atoms with Crippen LogP contribution in [0, 0.1) is 0 Å². The van der Waals surface area contributed by atoms with Crippen molar-refractivity contribution >= 4 is 0 Å². The Morgan fingerprint density at radius 1 is 0.613 bits per heavy atom. The van der Waals surface area contributed by atoms with Gasteiger partial charge >= 0.3 is 0 Å².